The van der Waals surface area contributed by atoms with Gasteiger partial charge in [-0.05, 0) is 67.5 Å². The molecule has 0 saturated heterocycles. The summed E-state index contributed by atoms with van der Waals surface area (Å²) in [6.07, 6.45) is 8.89. The molecule has 0 spiro atoms. The maximum Gasteiger partial charge on any atom is 0.227 e. The number of nitrogens with zero attached hydrogens (tertiary/aromatic N) is 3. The topological polar surface area (TPSA) is 45.6 Å². The van der Waals surface area contributed by atoms with E-state index >= 15 is 0 Å². The molecule has 1 fully saturated rings. The van der Waals surface area contributed by atoms with Gasteiger partial charge >= 0.3 is 0 Å². The average Bonchev–Trinajstić information content (AvgIpc) is 3.14. The van der Waals surface area contributed by atoms with Gasteiger partial charge in [0.05, 0.1) is 18.7 Å². The van der Waals surface area contributed by atoms with Gasteiger partial charge in [-0.15, -0.1) is 0 Å². The Morgan fingerprint density at radius 1 is 1.07 bits per heavy atom. The van der Waals surface area contributed by atoms with Crippen molar-refractivity contribution in [3.63, 3.8) is 0 Å². The van der Waals surface area contributed by atoms with Crippen molar-refractivity contribution in [3.8, 4) is 0 Å². The Bertz CT molecular complexity index is 988. The molecule has 0 N–H and O–H groups in total. The van der Waals surface area contributed by atoms with E-state index in [-0.39, 0.29) is 0 Å². The fraction of sp³-hybridized carbons (Fsp3) is 0.480. The summed E-state index contributed by atoms with van der Waals surface area (Å²) in [4.78, 5) is 24.2. The second-order valence-electron chi connectivity index (χ2n) is 8.97. The minimum Gasteiger partial charge on any atom is -0.335 e. The number of pyridine rings is 1. The van der Waals surface area contributed by atoms with Crippen molar-refractivity contribution < 1.29 is 4.79 Å². The van der Waals surface area contributed by atoms with Gasteiger partial charge in [-0.3, -0.25) is 14.8 Å². The smallest absolute Gasteiger partial charge is 0.227 e. The molecule has 1 unspecified atom stereocenters. The Kier molecular flexibility index (Phi) is 4.73. The van der Waals surface area contributed by atoms with Gasteiger partial charge in [0.2, 0.25) is 5.91 Å². The second kappa shape index (κ2) is 7.40. The third kappa shape index (κ3) is 3.39. The predicted octanol–water partition coefficient (Wildman–Crippen LogP) is 4.59. The molecule has 1 aromatic carbocycles. The largest absolute Gasteiger partial charge is 0.335 e. The summed E-state index contributed by atoms with van der Waals surface area (Å²) in [5.41, 5.74) is 8.18. The highest BCUT2D eigenvalue weighted by atomic mass is 16.2. The van der Waals surface area contributed by atoms with Crippen LogP contribution in [0.3, 0.4) is 0 Å². The summed E-state index contributed by atoms with van der Waals surface area (Å²) in [5, 5.41) is 0. The standard InChI is InChI=1S/C25H29N3O/c1-16-10-19(8-9-26-16)25-23-12-22-15-28(17(2)18-6-4-3-5-7-18)24(29)13-20(22)11-21(23)14-27-25/h8-12,17-18H,3-7,13-15H2,1-2H3. The first kappa shape index (κ1) is 18.5. The highest BCUT2D eigenvalue weighted by Gasteiger charge is 2.33. The fourth-order valence-electron chi connectivity index (χ4n) is 5.37. The van der Waals surface area contributed by atoms with Gasteiger partial charge in [-0.25, -0.2) is 0 Å². The number of aryl methyl sites for hydroxylation is 1. The number of carbonyl (C=O) groups is 1. The van der Waals surface area contributed by atoms with E-state index in [1.165, 1.54) is 54.4 Å². The Balaban J connectivity index is 1.44. The lowest BCUT2D eigenvalue weighted by Crippen LogP contribution is -2.46. The van der Waals surface area contributed by atoms with Crippen LogP contribution in [-0.4, -0.2) is 27.5 Å². The molecule has 1 saturated carbocycles. The zero-order valence-corrected chi connectivity index (χ0v) is 17.4. The molecular formula is C25H29N3O. The van der Waals surface area contributed by atoms with Gasteiger partial charge in [0, 0.05) is 35.6 Å². The molecule has 1 atom stereocenters. The Morgan fingerprint density at radius 3 is 2.69 bits per heavy atom. The van der Waals surface area contributed by atoms with E-state index in [0.29, 0.717) is 30.8 Å². The molecule has 3 heterocycles. The van der Waals surface area contributed by atoms with E-state index in [2.05, 4.69) is 35.0 Å². The molecule has 29 heavy (non-hydrogen) atoms. The second-order valence-corrected chi connectivity index (χ2v) is 8.97. The van der Waals surface area contributed by atoms with Crippen LogP contribution in [0.1, 0.15) is 72.5 Å². The third-order valence-corrected chi connectivity index (χ3v) is 7.08. The predicted molar refractivity (Wildman–Crippen MR) is 115 cm³/mol. The molecule has 2 aromatic rings. The van der Waals surface area contributed by atoms with Crippen LogP contribution >= 0.6 is 0 Å². The molecule has 1 amide bonds. The Labute approximate surface area is 173 Å². The van der Waals surface area contributed by atoms with Gasteiger partial charge in [0.25, 0.3) is 0 Å². The number of hydrogen-bond acceptors (Lipinski definition) is 3. The molecule has 1 aliphatic carbocycles. The van der Waals surface area contributed by atoms with Crippen molar-refractivity contribution in [2.24, 2.45) is 10.9 Å². The number of fused-ring (bicyclic) bond motifs is 2. The molecule has 3 aliphatic rings. The highest BCUT2D eigenvalue weighted by molar-refractivity contribution is 6.15. The molecule has 4 nitrogen and oxygen atoms in total. The minimum atomic E-state index is 0.291. The molecule has 4 heteroatoms. The zero-order valence-electron chi connectivity index (χ0n) is 17.4. The van der Waals surface area contributed by atoms with Gasteiger partial charge in [-0.2, -0.15) is 0 Å². The first-order chi connectivity index (χ1) is 14.1. The van der Waals surface area contributed by atoms with Gasteiger partial charge in [0.15, 0.2) is 0 Å². The van der Waals surface area contributed by atoms with Crippen LogP contribution in [0.4, 0.5) is 0 Å². The van der Waals surface area contributed by atoms with Crippen molar-refractivity contribution in [2.75, 3.05) is 0 Å². The average molecular weight is 388 g/mol. The quantitative estimate of drug-likeness (QED) is 0.773. The van der Waals surface area contributed by atoms with Crippen molar-refractivity contribution in [1.29, 1.82) is 0 Å². The lowest BCUT2D eigenvalue weighted by atomic mass is 9.82. The zero-order chi connectivity index (χ0) is 20.0. The van der Waals surface area contributed by atoms with Gasteiger partial charge in [0.1, 0.15) is 0 Å². The van der Waals surface area contributed by atoms with E-state index in [4.69, 9.17) is 4.99 Å². The summed E-state index contributed by atoms with van der Waals surface area (Å²) in [5.74, 6) is 0.944. The van der Waals surface area contributed by atoms with Crippen LogP contribution in [0.2, 0.25) is 0 Å². The number of carbonyl (C=O) groups excluding carboxylic acids is 1. The van der Waals surface area contributed by atoms with Crippen LogP contribution in [0.25, 0.3) is 0 Å². The van der Waals surface area contributed by atoms with E-state index in [0.717, 1.165) is 23.5 Å². The molecule has 1 aromatic heterocycles. The Hall–Kier alpha value is -2.49. The normalized spacial score (nSPS) is 20.3. The van der Waals surface area contributed by atoms with E-state index in [1.54, 1.807) is 0 Å². The number of aromatic nitrogens is 1. The monoisotopic (exact) mass is 387 g/mol. The van der Waals surface area contributed by atoms with E-state index < -0.39 is 0 Å². The summed E-state index contributed by atoms with van der Waals surface area (Å²) < 4.78 is 0. The number of benzene rings is 1. The van der Waals surface area contributed by atoms with Gasteiger partial charge < -0.3 is 4.90 Å². The minimum absolute atomic E-state index is 0.291. The van der Waals surface area contributed by atoms with Crippen LogP contribution in [0.15, 0.2) is 35.5 Å². The fourth-order valence-corrected chi connectivity index (χ4v) is 5.37. The summed E-state index contributed by atoms with van der Waals surface area (Å²) in [6.45, 7) is 5.72. The molecule has 5 rings (SSSR count). The molecule has 2 aliphatic heterocycles. The van der Waals surface area contributed by atoms with Crippen molar-refractivity contribution in [1.82, 2.24) is 9.88 Å². The third-order valence-electron chi connectivity index (χ3n) is 7.08. The molecular weight excluding hydrogens is 358 g/mol. The van der Waals surface area contributed by atoms with Crippen molar-refractivity contribution in [2.45, 2.75) is 71.5 Å². The Morgan fingerprint density at radius 2 is 1.90 bits per heavy atom. The number of aliphatic imine (C=N–C) groups is 1. The highest BCUT2D eigenvalue weighted by Crippen LogP contribution is 2.34. The lowest BCUT2D eigenvalue weighted by molar-refractivity contribution is -0.135. The maximum absolute atomic E-state index is 13.0. The number of rotatable bonds is 3. The van der Waals surface area contributed by atoms with Crippen LogP contribution in [0, 0.1) is 12.8 Å². The molecule has 150 valence electrons. The number of amides is 1. The van der Waals surface area contributed by atoms with Crippen molar-refractivity contribution >= 4 is 11.6 Å². The lowest BCUT2D eigenvalue weighted by Gasteiger charge is -2.39. The molecule has 0 bridgehead atoms. The molecule has 0 radical (unpaired) electrons. The van der Waals surface area contributed by atoms with Crippen LogP contribution in [0.5, 0.6) is 0 Å². The summed E-state index contributed by atoms with van der Waals surface area (Å²) >= 11 is 0. The summed E-state index contributed by atoms with van der Waals surface area (Å²) in [6, 6.07) is 9.02. The van der Waals surface area contributed by atoms with Gasteiger partial charge in [-0.1, -0.05) is 25.3 Å². The first-order valence-corrected chi connectivity index (χ1v) is 11.0. The maximum atomic E-state index is 13.0. The number of hydrogen-bond donors (Lipinski definition) is 0. The SMILES string of the molecule is Cc1cc(C2=NCc3cc4c(cc32)CN(C(C)C2CCCCC2)C(=O)C4)ccn1. The van der Waals surface area contributed by atoms with Crippen molar-refractivity contribution in [3.05, 3.63) is 64.0 Å². The first-order valence-electron chi connectivity index (χ1n) is 11.0. The van der Waals surface area contributed by atoms with Crippen LogP contribution in [-0.2, 0) is 24.3 Å². The van der Waals surface area contributed by atoms with Crippen LogP contribution < -0.4 is 0 Å². The van der Waals surface area contributed by atoms with E-state index in [9.17, 15) is 4.79 Å². The van der Waals surface area contributed by atoms with E-state index in [1.807, 2.05) is 19.2 Å². The summed E-state index contributed by atoms with van der Waals surface area (Å²) in [7, 11) is 0.